The number of aryl methyl sites for hydroxylation is 1. The average Bonchev–Trinajstić information content (AvgIpc) is 3.68. The SMILES string of the molecule is Cc1cc(-c2cc3ccccc3c3ccccc23)cc(-c2ccc3ccccc3c2)c1N(c1ccc2c(c1)C(C)(C)c1ccccc1-2)c1ccc2c(c1)C(C)(C)c1ccccc1-2. The van der Waals surface area contributed by atoms with E-state index in [1.807, 2.05) is 0 Å². The van der Waals surface area contributed by atoms with Crippen molar-refractivity contribution in [2.75, 3.05) is 4.90 Å². The third kappa shape index (κ3) is 5.34. The van der Waals surface area contributed by atoms with E-state index in [1.165, 1.54) is 110 Å². The summed E-state index contributed by atoms with van der Waals surface area (Å²) in [6.07, 6.45) is 0. The fraction of sp³-hybridized carbons (Fsp3) is 0.115. The van der Waals surface area contributed by atoms with Gasteiger partial charge in [-0.05, 0) is 155 Å². The molecule has 0 aliphatic heterocycles. The van der Waals surface area contributed by atoms with Gasteiger partial charge in [0.15, 0.2) is 0 Å². The Hall–Kier alpha value is -7.22. The molecule has 0 saturated carbocycles. The lowest BCUT2D eigenvalue weighted by Crippen LogP contribution is -2.18. The van der Waals surface area contributed by atoms with Crippen LogP contribution >= 0.6 is 0 Å². The highest BCUT2D eigenvalue weighted by atomic mass is 15.1. The molecule has 1 heteroatoms. The van der Waals surface area contributed by atoms with E-state index in [2.05, 4.69) is 234 Å². The molecule has 0 N–H and O–H groups in total. The first-order valence-electron chi connectivity index (χ1n) is 22.0. The van der Waals surface area contributed by atoms with Crippen molar-refractivity contribution in [3.05, 3.63) is 222 Å². The van der Waals surface area contributed by atoms with Crippen molar-refractivity contribution in [2.24, 2.45) is 0 Å². The van der Waals surface area contributed by atoms with Gasteiger partial charge in [0.2, 0.25) is 0 Å². The van der Waals surface area contributed by atoms with Crippen molar-refractivity contribution < 1.29 is 0 Å². The summed E-state index contributed by atoms with van der Waals surface area (Å²) in [5, 5.41) is 7.55. The molecule has 0 atom stereocenters. The van der Waals surface area contributed by atoms with Gasteiger partial charge in [0, 0.05) is 27.8 Å². The minimum atomic E-state index is -0.146. The van der Waals surface area contributed by atoms with Crippen LogP contribution < -0.4 is 4.90 Å². The summed E-state index contributed by atoms with van der Waals surface area (Å²) in [5.41, 5.74) is 20.1. The molecule has 0 aromatic heterocycles. The van der Waals surface area contributed by atoms with Crippen LogP contribution in [0.1, 0.15) is 55.5 Å². The van der Waals surface area contributed by atoms with Crippen molar-refractivity contribution >= 4 is 49.4 Å². The minimum Gasteiger partial charge on any atom is -0.310 e. The number of anilines is 3. The fourth-order valence-corrected chi connectivity index (χ4v) is 11.2. The monoisotopic (exact) mass is 793 g/mol. The Morgan fingerprint density at radius 2 is 0.839 bits per heavy atom. The highest BCUT2D eigenvalue weighted by Gasteiger charge is 2.38. The maximum absolute atomic E-state index is 2.57. The number of benzene rings is 10. The molecule has 1 nitrogen and oxygen atoms in total. The molecule has 0 unspecified atom stereocenters. The van der Waals surface area contributed by atoms with E-state index in [9.17, 15) is 0 Å². The lowest BCUT2D eigenvalue weighted by molar-refractivity contribution is 0.660. The van der Waals surface area contributed by atoms with Gasteiger partial charge in [-0.15, -0.1) is 0 Å². The summed E-state index contributed by atoms with van der Waals surface area (Å²) in [6, 6.07) is 73.1. The molecule has 10 aromatic rings. The van der Waals surface area contributed by atoms with E-state index < -0.39 is 0 Å². The summed E-state index contributed by atoms with van der Waals surface area (Å²) in [5.74, 6) is 0. The number of rotatable bonds is 5. The second kappa shape index (κ2) is 13.4. The van der Waals surface area contributed by atoms with Gasteiger partial charge in [-0.3, -0.25) is 0 Å². The zero-order valence-corrected chi connectivity index (χ0v) is 35.9. The van der Waals surface area contributed by atoms with Crippen molar-refractivity contribution in [2.45, 2.75) is 45.4 Å². The van der Waals surface area contributed by atoms with Crippen LogP contribution in [0, 0.1) is 6.92 Å². The van der Waals surface area contributed by atoms with Gasteiger partial charge in [0.1, 0.15) is 0 Å². The molecule has 2 aliphatic rings. The molecule has 0 amide bonds. The Kier molecular flexibility index (Phi) is 7.91. The molecular weight excluding hydrogens is 747 g/mol. The molecule has 0 spiro atoms. The van der Waals surface area contributed by atoms with E-state index in [-0.39, 0.29) is 10.8 Å². The zero-order chi connectivity index (χ0) is 41.9. The third-order valence-electron chi connectivity index (χ3n) is 14.3. The van der Waals surface area contributed by atoms with Crippen molar-refractivity contribution in [1.82, 2.24) is 0 Å². The summed E-state index contributed by atoms with van der Waals surface area (Å²) >= 11 is 0. The summed E-state index contributed by atoms with van der Waals surface area (Å²) in [7, 11) is 0. The number of hydrogen-bond donors (Lipinski definition) is 0. The molecule has 296 valence electrons. The molecule has 12 rings (SSSR count). The molecule has 0 saturated heterocycles. The molecule has 10 aromatic carbocycles. The van der Waals surface area contributed by atoms with Crippen molar-refractivity contribution in [1.29, 1.82) is 0 Å². The van der Waals surface area contributed by atoms with Crippen LogP contribution in [0.2, 0.25) is 0 Å². The van der Waals surface area contributed by atoms with Crippen LogP contribution in [0.25, 0.3) is 76.8 Å². The first-order valence-corrected chi connectivity index (χ1v) is 22.0. The zero-order valence-electron chi connectivity index (χ0n) is 35.9. The number of nitrogens with zero attached hydrogens (tertiary/aromatic N) is 1. The van der Waals surface area contributed by atoms with E-state index in [4.69, 9.17) is 0 Å². The van der Waals surface area contributed by atoms with Crippen LogP contribution in [0.3, 0.4) is 0 Å². The number of hydrogen-bond acceptors (Lipinski definition) is 1. The fourth-order valence-electron chi connectivity index (χ4n) is 11.2. The normalized spacial score (nSPS) is 14.1. The van der Waals surface area contributed by atoms with Gasteiger partial charge in [0.25, 0.3) is 0 Å². The Bertz CT molecular complexity index is 3380. The lowest BCUT2D eigenvalue weighted by Gasteiger charge is -2.33. The third-order valence-corrected chi connectivity index (χ3v) is 14.3. The maximum atomic E-state index is 2.57. The summed E-state index contributed by atoms with van der Waals surface area (Å²) < 4.78 is 0. The smallest absolute Gasteiger partial charge is 0.0569 e. The average molecular weight is 794 g/mol. The van der Waals surface area contributed by atoms with E-state index in [0.29, 0.717) is 0 Å². The van der Waals surface area contributed by atoms with Crippen molar-refractivity contribution in [3.8, 4) is 44.5 Å². The Morgan fingerprint density at radius 3 is 1.48 bits per heavy atom. The Morgan fingerprint density at radius 1 is 0.323 bits per heavy atom. The van der Waals surface area contributed by atoms with E-state index in [0.717, 1.165) is 11.4 Å². The minimum absolute atomic E-state index is 0.146. The lowest BCUT2D eigenvalue weighted by atomic mass is 9.82. The predicted molar refractivity (Wildman–Crippen MR) is 264 cm³/mol. The standard InChI is InChI=1S/C61H47N/c1-38-32-43(53-34-41-18-8-9-19-46(41)47-20-10-11-21-48(47)53)35-54(42-27-26-39-16-6-7-17-40(39)33-42)59(38)62(44-28-30-51-49-22-12-14-24-55(49)60(2,3)57(51)36-44)45-29-31-52-50-23-13-15-25-56(50)61(4,5)58(52)37-45/h6-37H,1-5H3. The van der Waals surface area contributed by atoms with Crippen LogP contribution in [0.5, 0.6) is 0 Å². The quantitative estimate of drug-likeness (QED) is 0.157. The van der Waals surface area contributed by atoms with Crippen LogP contribution in [-0.2, 0) is 10.8 Å². The highest BCUT2D eigenvalue weighted by molar-refractivity contribution is 6.14. The highest BCUT2D eigenvalue weighted by Crippen LogP contribution is 2.55. The summed E-state index contributed by atoms with van der Waals surface area (Å²) in [6.45, 7) is 11.9. The topological polar surface area (TPSA) is 3.24 Å². The van der Waals surface area contributed by atoms with Gasteiger partial charge < -0.3 is 4.90 Å². The van der Waals surface area contributed by atoms with Gasteiger partial charge >= 0.3 is 0 Å². The van der Waals surface area contributed by atoms with Crippen LogP contribution in [0.4, 0.5) is 17.1 Å². The van der Waals surface area contributed by atoms with E-state index >= 15 is 0 Å². The van der Waals surface area contributed by atoms with Gasteiger partial charge in [0.05, 0.1) is 5.69 Å². The van der Waals surface area contributed by atoms with Crippen LogP contribution in [-0.4, -0.2) is 0 Å². The predicted octanol–water partition coefficient (Wildman–Crippen LogP) is 16.9. The van der Waals surface area contributed by atoms with Gasteiger partial charge in [-0.25, -0.2) is 0 Å². The molecule has 0 bridgehead atoms. The molecule has 2 aliphatic carbocycles. The van der Waals surface area contributed by atoms with Crippen molar-refractivity contribution in [3.63, 3.8) is 0 Å². The van der Waals surface area contributed by atoms with E-state index in [1.54, 1.807) is 0 Å². The Balaban J connectivity index is 1.15. The Labute approximate surface area is 364 Å². The van der Waals surface area contributed by atoms with Crippen LogP contribution in [0.15, 0.2) is 194 Å². The maximum Gasteiger partial charge on any atom is 0.0569 e. The molecule has 62 heavy (non-hydrogen) atoms. The second-order valence-electron chi connectivity index (χ2n) is 18.6. The first-order chi connectivity index (χ1) is 30.2. The van der Waals surface area contributed by atoms with Gasteiger partial charge in [-0.2, -0.15) is 0 Å². The number of fused-ring (bicyclic) bond motifs is 10. The summed E-state index contributed by atoms with van der Waals surface area (Å²) in [4.78, 5) is 2.57. The largest absolute Gasteiger partial charge is 0.310 e. The first kappa shape index (κ1) is 36.6. The second-order valence-corrected chi connectivity index (χ2v) is 18.6. The molecular formula is C61H47N. The molecule has 0 fully saturated rings. The van der Waals surface area contributed by atoms with Gasteiger partial charge in [-0.1, -0.05) is 173 Å². The molecule has 0 radical (unpaired) electrons. The molecule has 0 heterocycles.